The second kappa shape index (κ2) is 5.80. The van der Waals surface area contributed by atoms with Crippen molar-refractivity contribution in [2.45, 2.75) is 13.0 Å². The lowest BCUT2D eigenvalue weighted by Gasteiger charge is -2.12. The number of carbonyl (C=O) groups is 1. The molecule has 0 aliphatic heterocycles. The van der Waals surface area contributed by atoms with Crippen LogP contribution in [0.25, 0.3) is 0 Å². The van der Waals surface area contributed by atoms with Gasteiger partial charge in [-0.2, -0.15) is 0 Å². The minimum absolute atomic E-state index is 0.110. The number of Topliss-reactive ketones (excluding diaryl/α,β-unsaturated/α-hetero) is 1. The quantitative estimate of drug-likeness (QED) is 0.842. The SMILES string of the molecule is CCOc1ccccc1C(=O)C(N)c1cccs1. The predicted octanol–water partition coefficient (Wildman–Crippen LogP) is 3.03. The van der Waals surface area contributed by atoms with E-state index in [0.29, 0.717) is 17.9 Å². The summed E-state index contributed by atoms with van der Waals surface area (Å²) in [6.07, 6.45) is 0. The van der Waals surface area contributed by atoms with E-state index in [1.165, 1.54) is 11.3 Å². The zero-order chi connectivity index (χ0) is 13.0. The van der Waals surface area contributed by atoms with Gasteiger partial charge in [0.05, 0.1) is 12.2 Å². The molecule has 0 aliphatic carbocycles. The van der Waals surface area contributed by atoms with Gasteiger partial charge in [0.15, 0.2) is 5.78 Å². The van der Waals surface area contributed by atoms with Crippen molar-refractivity contribution in [3.05, 3.63) is 52.2 Å². The number of ketones is 1. The average Bonchev–Trinajstić information content (AvgIpc) is 2.92. The highest BCUT2D eigenvalue weighted by molar-refractivity contribution is 7.10. The van der Waals surface area contributed by atoms with Gasteiger partial charge in [-0.05, 0) is 30.5 Å². The van der Waals surface area contributed by atoms with E-state index in [9.17, 15) is 4.79 Å². The van der Waals surface area contributed by atoms with E-state index in [1.54, 1.807) is 12.1 Å². The number of thiophene rings is 1. The van der Waals surface area contributed by atoms with E-state index in [-0.39, 0.29) is 5.78 Å². The lowest BCUT2D eigenvalue weighted by atomic mass is 10.0. The third kappa shape index (κ3) is 2.60. The van der Waals surface area contributed by atoms with Gasteiger partial charge >= 0.3 is 0 Å². The molecule has 18 heavy (non-hydrogen) atoms. The van der Waals surface area contributed by atoms with Gasteiger partial charge in [0.2, 0.25) is 0 Å². The topological polar surface area (TPSA) is 52.3 Å². The minimum atomic E-state index is -0.619. The van der Waals surface area contributed by atoms with E-state index >= 15 is 0 Å². The van der Waals surface area contributed by atoms with Crippen LogP contribution in [-0.4, -0.2) is 12.4 Å². The Balaban J connectivity index is 2.28. The fraction of sp³-hybridized carbons (Fsp3) is 0.214. The van der Waals surface area contributed by atoms with E-state index < -0.39 is 6.04 Å². The van der Waals surface area contributed by atoms with Gasteiger partial charge in [0.25, 0.3) is 0 Å². The van der Waals surface area contributed by atoms with Crippen molar-refractivity contribution in [2.75, 3.05) is 6.61 Å². The van der Waals surface area contributed by atoms with Gasteiger partial charge in [-0.15, -0.1) is 11.3 Å². The van der Waals surface area contributed by atoms with Crippen molar-refractivity contribution in [1.82, 2.24) is 0 Å². The van der Waals surface area contributed by atoms with Crippen molar-refractivity contribution < 1.29 is 9.53 Å². The Morgan fingerprint density at radius 3 is 2.78 bits per heavy atom. The van der Waals surface area contributed by atoms with E-state index in [0.717, 1.165) is 4.88 Å². The van der Waals surface area contributed by atoms with Gasteiger partial charge in [-0.25, -0.2) is 0 Å². The molecule has 3 nitrogen and oxygen atoms in total. The lowest BCUT2D eigenvalue weighted by Crippen LogP contribution is -2.21. The van der Waals surface area contributed by atoms with E-state index in [1.807, 2.05) is 36.6 Å². The number of hydrogen-bond acceptors (Lipinski definition) is 4. The van der Waals surface area contributed by atoms with E-state index in [4.69, 9.17) is 10.5 Å². The number of rotatable bonds is 5. The van der Waals surface area contributed by atoms with Gasteiger partial charge < -0.3 is 10.5 Å². The molecule has 1 heterocycles. The molecule has 0 aliphatic rings. The van der Waals surface area contributed by atoms with Crippen molar-refractivity contribution in [1.29, 1.82) is 0 Å². The molecule has 0 bridgehead atoms. The molecule has 4 heteroatoms. The zero-order valence-electron chi connectivity index (χ0n) is 10.1. The van der Waals surface area contributed by atoms with Crippen LogP contribution in [0.15, 0.2) is 41.8 Å². The summed E-state index contributed by atoms with van der Waals surface area (Å²) in [5.41, 5.74) is 6.53. The Morgan fingerprint density at radius 1 is 1.33 bits per heavy atom. The van der Waals surface area contributed by atoms with Gasteiger partial charge in [-0.1, -0.05) is 18.2 Å². The molecule has 0 spiro atoms. The largest absolute Gasteiger partial charge is 0.493 e. The second-order valence-electron chi connectivity index (χ2n) is 3.79. The molecule has 2 N–H and O–H groups in total. The smallest absolute Gasteiger partial charge is 0.188 e. The molecule has 1 aromatic carbocycles. The number of ether oxygens (including phenoxy) is 1. The Hall–Kier alpha value is -1.65. The Kier molecular flexibility index (Phi) is 4.12. The number of para-hydroxylation sites is 1. The maximum Gasteiger partial charge on any atom is 0.188 e. The van der Waals surface area contributed by atoms with Crippen LogP contribution in [0, 0.1) is 0 Å². The summed E-state index contributed by atoms with van der Waals surface area (Å²) < 4.78 is 5.45. The summed E-state index contributed by atoms with van der Waals surface area (Å²) in [6, 6.07) is 10.3. The standard InChI is InChI=1S/C14H15NO2S/c1-2-17-11-7-4-3-6-10(11)14(16)13(15)12-8-5-9-18-12/h3-9,13H,2,15H2,1H3. The molecule has 1 aromatic heterocycles. The van der Waals surface area contributed by atoms with Crippen molar-refractivity contribution in [3.8, 4) is 5.75 Å². The molecule has 0 amide bonds. The monoisotopic (exact) mass is 261 g/mol. The van der Waals surface area contributed by atoms with E-state index in [2.05, 4.69) is 0 Å². The van der Waals surface area contributed by atoms with Crippen LogP contribution in [0.1, 0.15) is 28.2 Å². The molecule has 0 fully saturated rings. The summed E-state index contributed by atoms with van der Waals surface area (Å²) in [4.78, 5) is 13.2. The first kappa shape index (κ1) is 12.8. The van der Waals surface area contributed by atoms with Crippen molar-refractivity contribution in [2.24, 2.45) is 5.73 Å². The molecule has 1 atom stereocenters. The number of carbonyl (C=O) groups excluding carboxylic acids is 1. The fourth-order valence-corrected chi connectivity index (χ4v) is 2.44. The summed E-state index contributed by atoms with van der Waals surface area (Å²) in [6.45, 7) is 2.42. The molecule has 0 radical (unpaired) electrons. The van der Waals surface area contributed by atoms with Crippen LogP contribution < -0.4 is 10.5 Å². The molecule has 94 valence electrons. The van der Waals surface area contributed by atoms with Crippen LogP contribution in [0.2, 0.25) is 0 Å². The summed E-state index contributed by atoms with van der Waals surface area (Å²) in [5, 5.41) is 1.91. The number of nitrogens with two attached hydrogens (primary N) is 1. The highest BCUT2D eigenvalue weighted by Gasteiger charge is 2.21. The van der Waals surface area contributed by atoms with Crippen LogP contribution in [-0.2, 0) is 0 Å². The van der Waals surface area contributed by atoms with Gasteiger partial charge in [-0.3, -0.25) is 4.79 Å². The summed E-state index contributed by atoms with van der Waals surface area (Å²) in [7, 11) is 0. The lowest BCUT2D eigenvalue weighted by molar-refractivity contribution is 0.0959. The first-order valence-electron chi connectivity index (χ1n) is 5.79. The normalized spacial score (nSPS) is 12.1. The van der Waals surface area contributed by atoms with Gasteiger partial charge in [0.1, 0.15) is 11.8 Å². The first-order chi connectivity index (χ1) is 8.74. The molecule has 0 saturated carbocycles. The van der Waals surface area contributed by atoms with Crippen molar-refractivity contribution in [3.63, 3.8) is 0 Å². The predicted molar refractivity (Wildman–Crippen MR) is 73.2 cm³/mol. The highest BCUT2D eigenvalue weighted by Crippen LogP contribution is 2.26. The third-order valence-corrected chi connectivity index (χ3v) is 3.54. The van der Waals surface area contributed by atoms with Crippen molar-refractivity contribution >= 4 is 17.1 Å². The molecule has 2 aromatic rings. The molecular formula is C14H15NO2S. The maximum absolute atomic E-state index is 12.3. The average molecular weight is 261 g/mol. The molecular weight excluding hydrogens is 246 g/mol. The molecule has 0 saturated heterocycles. The number of hydrogen-bond donors (Lipinski definition) is 1. The van der Waals surface area contributed by atoms with Crippen LogP contribution in [0.5, 0.6) is 5.75 Å². The Morgan fingerprint density at radius 2 is 2.11 bits per heavy atom. The highest BCUT2D eigenvalue weighted by atomic mass is 32.1. The van der Waals surface area contributed by atoms with Gasteiger partial charge in [0, 0.05) is 4.88 Å². The fourth-order valence-electron chi connectivity index (χ4n) is 1.72. The summed E-state index contributed by atoms with van der Waals surface area (Å²) in [5.74, 6) is 0.485. The Bertz CT molecular complexity index is 522. The van der Waals surface area contributed by atoms with Crippen LogP contribution in [0.3, 0.4) is 0 Å². The number of benzene rings is 1. The van der Waals surface area contributed by atoms with Crippen LogP contribution >= 0.6 is 11.3 Å². The molecule has 2 rings (SSSR count). The molecule has 1 unspecified atom stereocenters. The second-order valence-corrected chi connectivity index (χ2v) is 4.77. The zero-order valence-corrected chi connectivity index (χ0v) is 10.9. The van der Waals surface area contributed by atoms with Crippen LogP contribution in [0.4, 0.5) is 0 Å². The Labute approximate surface area is 110 Å². The third-order valence-electron chi connectivity index (χ3n) is 2.58. The minimum Gasteiger partial charge on any atom is -0.493 e. The summed E-state index contributed by atoms with van der Waals surface area (Å²) >= 11 is 1.49. The first-order valence-corrected chi connectivity index (χ1v) is 6.67. The maximum atomic E-state index is 12.3.